The summed E-state index contributed by atoms with van der Waals surface area (Å²) in [5, 5.41) is 16.0. The fourth-order valence-electron chi connectivity index (χ4n) is 0. The Morgan fingerprint density at radius 3 is 2.00 bits per heavy atom. The van der Waals surface area contributed by atoms with E-state index in [2.05, 4.69) is 12.7 Å². The molecule has 0 spiro atoms. The van der Waals surface area contributed by atoms with E-state index in [1.165, 1.54) is 0 Å². The maximum atomic E-state index is 9.58. The molecule has 4 nitrogen and oxygen atoms in total. The molecule has 41 valence electrons. The monoisotopic (exact) mass is 104 g/mol. The minimum absolute atomic E-state index is 1.53. The van der Waals surface area contributed by atoms with Crippen LogP contribution in [0.4, 0.5) is 0 Å². The Hall–Kier alpha value is -0.610. The van der Waals surface area contributed by atoms with E-state index in [9.17, 15) is 4.79 Å². The largest absolute Gasteiger partial charge is 0.478 e. The van der Waals surface area contributed by atoms with Crippen LogP contribution in [-0.2, 0) is 4.79 Å². The second-order valence-corrected chi connectivity index (χ2v) is 1.23. The van der Waals surface area contributed by atoms with E-state index >= 15 is 0 Å². The third-order valence-electron chi connectivity index (χ3n) is 0.370. The molecule has 0 aliphatic heterocycles. The molecule has 4 heteroatoms. The van der Waals surface area contributed by atoms with Gasteiger partial charge in [-0.15, -0.1) is 0 Å². The van der Waals surface area contributed by atoms with Gasteiger partial charge in [-0.3, -0.25) is 5.73 Å². The summed E-state index contributed by atoms with van der Waals surface area (Å²) in [7, 11) is 0. The first-order chi connectivity index (χ1) is 2.94. The molecule has 0 saturated heterocycles. The number of nitrogens with two attached hydrogens (primary N) is 1. The van der Waals surface area contributed by atoms with Crippen LogP contribution in [-0.4, -0.2) is 21.9 Å². The Kier molecular flexibility index (Phi) is 1.35. The summed E-state index contributed by atoms with van der Waals surface area (Å²) >= 11 is 0. The first kappa shape index (κ1) is 6.39. The molecule has 0 bridgehead atoms. The fraction of sp³-hybridized carbons (Fsp3) is 0.333. The van der Waals surface area contributed by atoms with Gasteiger partial charge >= 0.3 is 5.97 Å². The average molecular weight is 104 g/mol. The Morgan fingerprint density at radius 2 is 2.00 bits per heavy atom. The van der Waals surface area contributed by atoms with Gasteiger partial charge in [0.2, 0.25) is 5.72 Å². The molecule has 1 atom stereocenters. The number of aliphatic carboxylic acids is 1. The predicted octanol–water partition coefficient (Wildman–Crippen LogP) is -1.45. The van der Waals surface area contributed by atoms with Crippen molar-refractivity contribution < 1.29 is 15.0 Å². The van der Waals surface area contributed by atoms with Gasteiger partial charge in [-0.05, 0) is 0 Å². The third-order valence-corrected chi connectivity index (χ3v) is 0.370. The fourth-order valence-corrected chi connectivity index (χ4v) is 0. The maximum Gasteiger partial charge on any atom is 0.350 e. The molecular formula is C3H6NO3. The van der Waals surface area contributed by atoms with E-state index in [1.807, 2.05) is 0 Å². The van der Waals surface area contributed by atoms with E-state index in [4.69, 9.17) is 10.2 Å². The molecule has 7 heavy (non-hydrogen) atoms. The number of hydrogen-bond acceptors (Lipinski definition) is 3. The zero-order chi connectivity index (χ0) is 6.08. The van der Waals surface area contributed by atoms with Gasteiger partial charge in [-0.2, -0.15) is 0 Å². The van der Waals surface area contributed by atoms with Crippen molar-refractivity contribution in [1.29, 1.82) is 0 Å². The number of rotatable bonds is 1. The number of carbonyl (C=O) groups is 1. The molecule has 1 radical (unpaired) electrons. The van der Waals surface area contributed by atoms with Crippen molar-refractivity contribution in [3.63, 3.8) is 0 Å². The molecule has 0 aliphatic carbocycles. The van der Waals surface area contributed by atoms with Gasteiger partial charge in [-0.1, -0.05) is 0 Å². The van der Waals surface area contributed by atoms with Gasteiger partial charge in [0.05, 0.1) is 0 Å². The highest BCUT2D eigenvalue weighted by Crippen LogP contribution is 1.87. The van der Waals surface area contributed by atoms with Crippen molar-refractivity contribution in [2.24, 2.45) is 5.73 Å². The topological polar surface area (TPSA) is 83.5 Å². The van der Waals surface area contributed by atoms with Crippen LogP contribution in [0.2, 0.25) is 0 Å². The zero-order valence-corrected chi connectivity index (χ0v) is 3.59. The lowest BCUT2D eigenvalue weighted by Crippen LogP contribution is -2.44. The zero-order valence-electron chi connectivity index (χ0n) is 3.59. The van der Waals surface area contributed by atoms with Crippen molar-refractivity contribution in [3.05, 3.63) is 6.92 Å². The molecule has 0 fully saturated rings. The highest BCUT2D eigenvalue weighted by molar-refractivity contribution is 5.76. The molecule has 0 heterocycles. The van der Waals surface area contributed by atoms with E-state index in [-0.39, 0.29) is 0 Å². The van der Waals surface area contributed by atoms with Gasteiger partial charge in [-0.25, -0.2) is 4.79 Å². The van der Waals surface area contributed by atoms with Crippen LogP contribution in [0.25, 0.3) is 0 Å². The lowest BCUT2D eigenvalue weighted by atomic mass is 10.3. The quantitative estimate of drug-likeness (QED) is 0.355. The molecule has 0 rings (SSSR count). The van der Waals surface area contributed by atoms with Gasteiger partial charge < -0.3 is 10.2 Å². The number of carboxylic acids is 1. The highest BCUT2D eigenvalue weighted by Gasteiger charge is 2.22. The Labute approximate surface area is 40.6 Å². The normalized spacial score (nSPS) is 18.1. The van der Waals surface area contributed by atoms with E-state index < -0.39 is 11.7 Å². The van der Waals surface area contributed by atoms with Crippen LogP contribution in [0.15, 0.2) is 0 Å². The van der Waals surface area contributed by atoms with E-state index in [1.54, 1.807) is 0 Å². The summed E-state index contributed by atoms with van der Waals surface area (Å²) in [6.07, 6.45) is 0. The van der Waals surface area contributed by atoms with Crippen molar-refractivity contribution in [2.75, 3.05) is 0 Å². The van der Waals surface area contributed by atoms with Gasteiger partial charge in [0.1, 0.15) is 0 Å². The Morgan fingerprint density at radius 1 is 1.86 bits per heavy atom. The minimum atomic E-state index is -2.33. The minimum Gasteiger partial charge on any atom is -0.478 e. The molecule has 0 aliphatic rings. The average Bonchev–Trinajstić information content (AvgIpc) is 1.31. The molecule has 0 aromatic rings. The molecule has 0 amide bonds. The van der Waals surface area contributed by atoms with Crippen molar-refractivity contribution in [3.8, 4) is 0 Å². The summed E-state index contributed by atoms with van der Waals surface area (Å²) in [5.74, 6) is -1.53. The number of hydrogen-bond donors (Lipinski definition) is 3. The molecule has 0 aromatic carbocycles. The second kappa shape index (κ2) is 1.48. The maximum absolute atomic E-state index is 9.58. The van der Waals surface area contributed by atoms with Crippen LogP contribution in [0, 0.1) is 6.92 Å². The lowest BCUT2D eigenvalue weighted by molar-refractivity contribution is -0.153. The summed E-state index contributed by atoms with van der Waals surface area (Å²) in [6.45, 7) is 2.70. The standard InChI is InChI=1S/C3H6NO3/c1-3(4,7)2(5)6/h7H,1,4H2,(H,5,6). The van der Waals surface area contributed by atoms with Crippen molar-refractivity contribution in [2.45, 2.75) is 5.72 Å². The molecule has 4 N–H and O–H groups in total. The molecule has 0 aromatic heterocycles. The number of aliphatic hydroxyl groups is 1. The van der Waals surface area contributed by atoms with Crippen molar-refractivity contribution >= 4 is 5.97 Å². The summed E-state index contributed by atoms with van der Waals surface area (Å²) < 4.78 is 0. The van der Waals surface area contributed by atoms with Gasteiger partial charge in [0, 0.05) is 6.92 Å². The SMILES string of the molecule is [CH2]C(N)(O)C(=O)O. The van der Waals surface area contributed by atoms with Crippen LogP contribution in [0.3, 0.4) is 0 Å². The Bertz CT molecular complexity index is 82.7. The molecule has 0 saturated carbocycles. The van der Waals surface area contributed by atoms with Gasteiger partial charge in [0.25, 0.3) is 0 Å². The smallest absolute Gasteiger partial charge is 0.350 e. The first-order valence-electron chi connectivity index (χ1n) is 1.54. The van der Waals surface area contributed by atoms with Crippen LogP contribution in [0.1, 0.15) is 0 Å². The first-order valence-corrected chi connectivity index (χ1v) is 1.54. The van der Waals surface area contributed by atoms with E-state index in [0.717, 1.165) is 0 Å². The third kappa shape index (κ3) is 2.13. The van der Waals surface area contributed by atoms with Gasteiger partial charge in [0.15, 0.2) is 0 Å². The van der Waals surface area contributed by atoms with Crippen LogP contribution < -0.4 is 5.73 Å². The highest BCUT2D eigenvalue weighted by atomic mass is 16.4. The summed E-state index contributed by atoms with van der Waals surface area (Å²) in [4.78, 5) is 9.58. The number of carboxylic acid groups (broad SMARTS) is 1. The Balaban J connectivity index is 3.79. The summed E-state index contributed by atoms with van der Waals surface area (Å²) in [6, 6.07) is 0. The molecule has 1 unspecified atom stereocenters. The second-order valence-electron chi connectivity index (χ2n) is 1.23. The molecular weight excluding hydrogens is 98.0 g/mol. The van der Waals surface area contributed by atoms with Crippen LogP contribution >= 0.6 is 0 Å². The predicted molar refractivity (Wildman–Crippen MR) is 22.1 cm³/mol. The van der Waals surface area contributed by atoms with Crippen LogP contribution in [0.5, 0.6) is 0 Å². The van der Waals surface area contributed by atoms with E-state index in [0.29, 0.717) is 0 Å². The summed E-state index contributed by atoms with van der Waals surface area (Å²) in [5.41, 5.74) is 2.19. The van der Waals surface area contributed by atoms with Crippen molar-refractivity contribution in [1.82, 2.24) is 0 Å². The lowest BCUT2D eigenvalue weighted by Gasteiger charge is -2.07.